The zero-order valence-electron chi connectivity index (χ0n) is 8.48. The smallest absolute Gasteiger partial charge is 0.420 e. The maximum atomic E-state index is 13.2. The quantitative estimate of drug-likeness (QED) is 0.582. The average molecular weight is 236 g/mol. The van der Waals surface area contributed by atoms with E-state index in [1.54, 1.807) is 0 Å². The summed E-state index contributed by atoms with van der Waals surface area (Å²) in [6.07, 6.45) is -4.77. The molecule has 0 amide bonds. The Morgan fingerprint density at radius 2 is 1.88 bits per heavy atom. The number of ether oxygens (including phenoxy) is 1. The second-order valence-corrected chi connectivity index (χ2v) is 3.09. The second kappa shape index (κ2) is 4.11. The van der Waals surface area contributed by atoms with Gasteiger partial charge < -0.3 is 4.74 Å². The van der Waals surface area contributed by atoms with E-state index >= 15 is 0 Å². The van der Waals surface area contributed by atoms with Crippen LogP contribution in [0, 0.1) is 5.82 Å². The molecule has 0 aromatic heterocycles. The highest BCUT2D eigenvalue weighted by Gasteiger charge is 2.36. The van der Waals surface area contributed by atoms with Gasteiger partial charge in [-0.2, -0.15) is 13.2 Å². The summed E-state index contributed by atoms with van der Waals surface area (Å²) in [5.74, 6) is -2.76. The summed E-state index contributed by atoms with van der Waals surface area (Å²) in [5, 5.41) is 0. The summed E-state index contributed by atoms with van der Waals surface area (Å²) in [5.41, 5.74) is -1.63. The Morgan fingerprint density at radius 3 is 2.25 bits per heavy atom. The standard InChI is InChI=1S/C10H8F4O2/c1-5(15)6-3-7(10(12,13)14)9(16-2)8(11)4-6/h3-4H,1-2H3. The fourth-order valence-electron chi connectivity index (χ4n) is 1.21. The average Bonchev–Trinajstić information content (AvgIpc) is 2.14. The first kappa shape index (κ1) is 12.5. The van der Waals surface area contributed by atoms with E-state index in [9.17, 15) is 22.4 Å². The normalized spacial score (nSPS) is 11.4. The summed E-state index contributed by atoms with van der Waals surface area (Å²) >= 11 is 0. The number of carbonyl (C=O) groups excluding carboxylic acids is 1. The van der Waals surface area contributed by atoms with Crippen molar-refractivity contribution < 1.29 is 27.1 Å². The van der Waals surface area contributed by atoms with Crippen molar-refractivity contribution in [1.29, 1.82) is 0 Å². The van der Waals surface area contributed by atoms with Gasteiger partial charge in [0.1, 0.15) is 5.56 Å². The molecule has 0 saturated carbocycles. The third kappa shape index (κ3) is 2.32. The molecule has 6 heteroatoms. The Kier molecular flexibility index (Phi) is 3.21. The van der Waals surface area contributed by atoms with Crippen molar-refractivity contribution in [3.63, 3.8) is 0 Å². The number of hydrogen-bond donors (Lipinski definition) is 0. The first-order valence-electron chi connectivity index (χ1n) is 4.23. The van der Waals surface area contributed by atoms with Crippen molar-refractivity contribution in [1.82, 2.24) is 0 Å². The third-order valence-electron chi connectivity index (χ3n) is 1.96. The minimum Gasteiger partial charge on any atom is -0.493 e. The number of halogens is 4. The first-order chi connectivity index (χ1) is 7.27. The Balaban J connectivity index is 3.49. The Hall–Kier alpha value is -1.59. The van der Waals surface area contributed by atoms with Gasteiger partial charge in [0.25, 0.3) is 0 Å². The monoisotopic (exact) mass is 236 g/mol. The lowest BCUT2D eigenvalue weighted by Gasteiger charge is -2.13. The van der Waals surface area contributed by atoms with Gasteiger partial charge in [-0.1, -0.05) is 0 Å². The largest absolute Gasteiger partial charge is 0.493 e. The van der Waals surface area contributed by atoms with Crippen LogP contribution in [0.5, 0.6) is 5.75 Å². The van der Waals surface area contributed by atoms with Crippen LogP contribution < -0.4 is 4.74 Å². The van der Waals surface area contributed by atoms with E-state index in [-0.39, 0.29) is 5.56 Å². The van der Waals surface area contributed by atoms with Crippen molar-refractivity contribution in [2.75, 3.05) is 7.11 Å². The maximum absolute atomic E-state index is 13.2. The highest BCUT2D eigenvalue weighted by molar-refractivity contribution is 5.94. The molecule has 0 bridgehead atoms. The Morgan fingerprint density at radius 1 is 1.31 bits per heavy atom. The molecular formula is C10H8F4O2. The number of rotatable bonds is 2. The number of hydrogen-bond acceptors (Lipinski definition) is 2. The van der Waals surface area contributed by atoms with E-state index in [1.807, 2.05) is 0 Å². The van der Waals surface area contributed by atoms with Crippen LogP contribution in [0.3, 0.4) is 0 Å². The van der Waals surface area contributed by atoms with Crippen molar-refractivity contribution in [2.24, 2.45) is 0 Å². The molecular weight excluding hydrogens is 228 g/mol. The van der Waals surface area contributed by atoms with Crippen LogP contribution in [-0.4, -0.2) is 12.9 Å². The molecule has 0 aliphatic heterocycles. The minimum absolute atomic E-state index is 0.342. The molecule has 1 rings (SSSR count). The second-order valence-electron chi connectivity index (χ2n) is 3.09. The molecule has 0 fully saturated rings. The lowest BCUT2D eigenvalue weighted by atomic mass is 10.1. The van der Waals surface area contributed by atoms with Crippen molar-refractivity contribution in [3.8, 4) is 5.75 Å². The van der Waals surface area contributed by atoms with Gasteiger partial charge in [0, 0.05) is 5.56 Å². The lowest BCUT2D eigenvalue weighted by Crippen LogP contribution is -2.10. The van der Waals surface area contributed by atoms with Gasteiger partial charge in [0.15, 0.2) is 17.3 Å². The zero-order valence-corrected chi connectivity index (χ0v) is 8.48. The van der Waals surface area contributed by atoms with Crippen LogP contribution in [0.1, 0.15) is 22.8 Å². The van der Waals surface area contributed by atoms with Gasteiger partial charge in [-0.05, 0) is 19.1 Å². The van der Waals surface area contributed by atoms with Gasteiger partial charge in [0.05, 0.1) is 7.11 Å². The maximum Gasteiger partial charge on any atom is 0.420 e. The summed E-state index contributed by atoms with van der Waals surface area (Å²) in [6, 6.07) is 1.29. The summed E-state index contributed by atoms with van der Waals surface area (Å²) in [7, 11) is 0.932. The zero-order chi connectivity index (χ0) is 12.5. The number of methoxy groups -OCH3 is 1. The molecule has 0 saturated heterocycles. The van der Waals surface area contributed by atoms with Crippen LogP contribution >= 0.6 is 0 Å². The molecule has 2 nitrogen and oxygen atoms in total. The van der Waals surface area contributed by atoms with Crippen molar-refractivity contribution in [2.45, 2.75) is 13.1 Å². The van der Waals surface area contributed by atoms with Crippen molar-refractivity contribution in [3.05, 3.63) is 29.1 Å². The molecule has 1 aromatic rings. The van der Waals surface area contributed by atoms with E-state index < -0.39 is 29.1 Å². The highest BCUT2D eigenvalue weighted by Crippen LogP contribution is 2.38. The molecule has 0 spiro atoms. The first-order valence-corrected chi connectivity index (χ1v) is 4.23. The van der Waals surface area contributed by atoms with E-state index in [2.05, 4.69) is 4.74 Å². The van der Waals surface area contributed by atoms with Gasteiger partial charge in [0.2, 0.25) is 0 Å². The van der Waals surface area contributed by atoms with Crippen LogP contribution in [0.2, 0.25) is 0 Å². The van der Waals surface area contributed by atoms with Gasteiger partial charge >= 0.3 is 6.18 Å². The summed E-state index contributed by atoms with van der Waals surface area (Å²) < 4.78 is 55.1. The minimum atomic E-state index is -4.77. The summed E-state index contributed by atoms with van der Waals surface area (Å²) in [6.45, 7) is 1.06. The molecule has 16 heavy (non-hydrogen) atoms. The van der Waals surface area contributed by atoms with Crippen LogP contribution in [0.15, 0.2) is 12.1 Å². The number of Topliss-reactive ketones (excluding diaryl/α,β-unsaturated/α-hetero) is 1. The van der Waals surface area contributed by atoms with E-state index in [1.165, 1.54) is 0 Å². The molecule has 0 heterocycles. The molecule has 0 aliphatic carbocycles. The third-order valence-corrected chi connectivity index (χ3v) is 1.96. The molecule has 0 radical (unpaired) electrons. The van der Waals surface area contributed by atoms with E-state index in [4.69, 9.17) is 0 Å². The van der Waals surface area contributed by atoms with Crippen LogP contribution in [-0.2, 0) is 6.18 Å². The van der Waals surface area contributed by atoms with Gasteiger partial charge in [-0.15, -0.1) is 0 Å². The predicted molar refractivity (Wildman–Crippen MR) is 48.0 cm³/mol. The lowest BCUT2D eigenvalue weighted by molar-refractivity contribution is -0.139. The topological polar surface area (TPSA) is 26.3 Å². The summed E-state index contributed by atoms with van der Waals surface area (Å²) in [4.78, 5) is 10.9. The molecule has 88 valence electrons. The number of ketones is 1. The van der Waals surface area contributed by atoms with E-state index in [0.717, 1.165) is 20.1 Å². The van der Waals surface area contributed by atoms with Gasteiger partial charge in [-0.25, -0.2) is 4.39 Å². The number of benzene rings is 1. The molecule has 0 N–H and O–H groups in total. The number of alkyl halides is 3. The Labute approximate surface area is 88.8 Å². The fraction of sp³-hybridized carbons (Fsp3) is 0.300. The van der Waals surface area contributed by atoms with Gasteiger partial charge in [-0.3, -0.25) is 4.79 Å². The SMILES string of the molecule is COc1c(F)cc(C(C)=O)cc1C(F)(F)F. The number of carbonyl (C=O) groups is 1. The van der Waals surface area contributed by atoms with Crippen LogP contribution in [0.25, 0.3) is 0 Å². The predicted octanol–water partition coefficient (Wildman–Crippen LogP) is 3.06. The Bertz CT molecular complexity index is 424. The fourth-order valence-corrected chi connectivity index (χ4v) is 1.21. The van der Waals surface area contributed by atoms with E-state index in [0.29, 0.717) is 6.07 Å². The van der Waals surface area contributed by atoms with Crippen LogP contribution in [0.4, 0.5) is 17.6 Å². The molecule has 0 aliphatic rings. The molecule has 0 unspecified atom stereocenters. The molecule has 0 atom stereocenters. The molecule has 1 aromatic carbocycles. The van der Waals surface area contributed by atoms with Crippen molar-refractivity contribution >= 4 is 5.78 Å². The highest BCUT2D eigenvalue weighted by atomic mass is 19.4.